The van der Waals surface area contributed by atoms with Crippen LogP contribution in [0.1, 0.15) is 10.4 Å². The van der Waals surface area contributed by atoms with Crippen LogP contribution in [-0.2, 0) is 0 Å². The van der Waals surface area contributed by atoms with E-state index in [-0.39, 0.29) is 5.82 Å². The lowest BCUT2D eigenvalue weighted by Crippen LogP contribution is -2.08. The molecule has 0 saturated heterocycles. The van der Waals surface area contributed by atoms with E-state index in [1.165, 1.54) is 24.3 Å². The summed E-state index contributed by atoms with van der Waals surface area (Å²) in [5.41, 5.74) is 2.45. The van der Waals surface area contributed by atoms with E-state index in [4.69, 9.17) is 4.74 Å². The lowest BCUT2D eigenvalue weighted by molar-refractivity contribution is 0.0734. The maximum absolute atomic E-state index is 12.8. The average Bonchev–Trinajstić information content (AvgIpc) is 2.57. The molecule has 0 bridgehead atoms. The number of benzene rings is 3. The highest BCUT2D eigenvalue weighted by Crippen LogP contribution is 2.22. The smallest absolute Gasteiger partial charge is 0.343 e. The summed E-state index contributed by atoms with van der Waals surface area (Å²) in [4.78, 5) is 11.9. The standard InChI is InChI=1S/C19H13FO2/c20-17-10-6-16(7-11-17)19(21)22-18-12-8-15(9-13-18)14-4-2-1-3-5-14/h1-13H. The van der Waals surface area contributed by atoms with Gasteiger partial charge in [0, 0.05) is 0 Å². The largest absolute Gasteiger partial charge is 0.423 e. The molecule has 0 spiro atoms. The first-order chi connectivity index (χ1) is 10.7. The summed E-state index contributed by atoms with van der Waals surface area (Å²) in [7, 11) is 0. The summed E-state index contributed by atoms with van der Waals surface area (Å²) in [5, 5.41) is 0. The van der Waals surface area contributed by atoms with Crippen molar-refractivity contribution in [3.05, 3.63) is 90.2 Å². The van der Waals surface area contributed by atoms with Gasteiger partial charge in [-0.1, -0.05) is 42.5 Å². The fourth-order valence-electron chi connectivity index (χ4n) is 2.10. The highest BCUT2D eigenvalue weighted by molar-refractivity contribution is 5.91. The van der Waals surface area contributed by atoms with Crippen LogP contribution in [-0.4, -0.2) is 5.97 Å². The zero-order chi connectivity index (χ0) is 15.4. The quantitative estimate of drug-likeness (QED) is 0.516. The average molecular weight is 292 g/mol. The van der Waals surface area contributed by atoms with E-state index in [0.717, 1.165) is 11.1 Å². The van der Waals surface area contributed by atoms with E-state index in [2.05, 4.69) is 0 Å². The molecule has 3 heteroatoms. The molecule has 3 aromatic carbocycles. The molecule has 0 aliphatic carbocycles. The molecule has 0 aliphatic rings. The minimum atomic E-state index is -0.507. The summed E-state index contributed by atoms with van der Waals surface area (Å²) in [6.45, 7) is 0. The van der Waals surface area contributed by atoms with Gasteiger partial charge in [0.2, 0.25) is 0 Å². The number of hydrogen-bond acceptors (Lipinski definition) is 2. The zero-order valence-corrected chi connectivity index (χ0v) is 11.7. The molecule has 0 unspecified atom stereocenters. The maximum atomic E-state index is 12.8. The Labute approximate surface area is 127 Å². The van der Waals surface area contributed by atoms with Crippen molar-refractivity contribution in [2.24, 2.45) is 0 Å². The Kier molecular flexibility index (Phi) is 3.97. The van der Waals surface area contributed by atoms with Gasteiger partial charge in [-0.15, -0.1) is 0 Å². The number of hydrogen-bond donors (Lipinski definition) is 0. The molecule has 0 N–H and O–H groups in total. The molecule has 0 amide bonds. The molecule has 0 heterocycles. The van der Waals surface area contributed by atoms with Crippen LogP contribution in [0.5, 0.6) is 5.75 Å². The Hall–Kier alpha value is -2.94. The van der Waals surface area contributed by atoms with Crippen LogP contribution >= 0.6 is 0 Å². The number of ether oxygens (including phenoxy) is 1. The molecule has 0 radical (unpaired) electrons. The Balaban J connectivity index is 1.73. The van der Waals surface area contributed by atoms with E-state index < -0.39 is 5.97 Å². The van der Waals surface area contributed by atoms with Crippen molar-refractivity contribution >= 4 is 5.97 Å². The first-order valence-corrected chi connectivity index (χ1v) is 6.85. The minimum absolute atomic E-state index is 0.313. The Bertz CT molecular complexity index is 763. The SMILES string of the molecule is O=C(Oc1ccc(-c2ccccc2)cc1)c1ccc(F)cc1. The summed E-state index contributed by atoms with van der Waals surface area (Å²) < 4.78 is 18.1. The molecular formula is C19H13FO2. The summed E-state index contributed by atoms with van der Waals surface area (Å²) in [5.74, 6) is -0.440. The second-order valence-corrected chi connectivity index (χ2v) is 4.79. The van der Waals surface area contributed by atoms with Crippen LogP contribution in [0.3, 0.4) is 0 Å². The predicted molar refractivity (Wildman–Crippen MR) is 83.2 cm³/mol. The van der Waals surface area contributed by atoms with Gasteiger partial charge in [0.05, 0.1) is 5.56 Å². The van der Waals surface area contributed by atoms with Crippen LogP contribution in [0.25, 0.3) is 11.1 Å². The summed E-state index contributed by atoms with van der Waals surface area (Å²) in [6.07, 6.45) is 0. The van der Waals surface area contributed by atoms with Crippen molar-refractivity contribution in [1.29, 1.82) is 0 Å². The van der Waals surface area contributed by atoms with E-state index in [1.807, 2.05) is 42.5 Å². The molecular weight excluding hydrogens is 279 g/mol. The second-order valence-electron chi connectivity index (χ2n) is 4.79. The van der Waals surface area contributed by atoms with Gasteiger partial charge >= 0.3 is 5.97 Å². The van der Waals surface area contributed by atoms with Crippen LogP contribution < -0.4 is 4.74 Å². The van der Waals surface area contributed by atoms with E-state index >= 15 is 0 Å². The first-order valence-electron chi connectivity index (χ1n) is 6.85. The number of carbonyl (C=O) groups is 1. The van der Waals surface area contributed by atoms with Crippen molar-refractivity contribution < 1.29 is 13.9 Å². The van der Waals surface area contributed by atoms with E-state index in [0.29, 0.717) is 11.3 Å². The van der Waals surface area contributed by atoms with Gasteiger partial charge in [-0.25, -0.2) is 9.18 Å². The molecule has 0 atom stereocenters. The fourth-order valence-corrected chi connectivity index (χ4v) is 2.10. The molecule has 0 aliphatic heterocycles. The van der Waals surface area contributed by atoms with Gasteiger partial charge in [-0.2, -0.15) is 0 Å². The van der Waals surface area contributed by atoms with Crippen molar-refractivity contribution in [1.82, 2.24) is 0 Å². The van der Waals surface area contributed by atoms with Crippen LogP contribution in [0.2, 0.25) is 0 Å². The molecule has 3 rings (SSSR count). The minimum Gasteiger partial charge on any atom is -0.423 e. The van der Waals surface area contributed by atoms with Gasteiger partial charge in [0.15, 0.2) is 0 Å². The molecule has 0 saturated carbocycles. The zero-order valence-electron chi connectivity index (χ0n) is 11.7. The van der Waals surface area contributed by atoms with Gasteiger partial charge in [-0.3, -0.25) is 0 Å². The Morgan fingerprint density at radius 1 is 0.727 bits per heavy atom. The van der Waals surface area contributed by atoms with Crippen molar-refractivity contribution in [3.63, 3.8) is 0 Å². The molecule has 22 heavy (non-hydrogen) atoms. The summed E-state index contributed by atoms with van der Waals surface area (Å²) >= 11 is 0. The van der Waals surface area contributed by atoms with E-state index in [9.17, 15) is 9.18 Å². The number of carbonyl (C=O) groups excluding carboxylic acids is 1. The number of esters is 1. The monoisotopic (exact) mass is 292 g/mol. The maximum Gasteiger partial charge on any atom is 0.343 e. The molecule has 2 nitrogen and oxygen atoms in total. The normalized spacial score (nSPS) is 10.2. The molecule has 108 valence electrons. The Morgan fingerprint density at radius 3 is 1.95 bits per heavy atom. The number of halogens is 1. The van der Waals surface area contributed by atoms with Crippen molar-refractivity contribution in [2.45, 2.75) is 0 Å². The van der Waals surface area contributed by atoms with Crippen LogP contribution in [0.15, 0.2) is 78.9 Å². The van der Waals surface area contributed by atoms with Crippen LogP contribution in [0, 0.1) is 5.82 Å². The van der Waals surface area contributed by atoms with Crippen LogP contribution in [0.4, 0.5) is 4.39 Å². The van der Waals surface area contributed by atoms with Crippen molar-refractivity contribution in [3.8, 4) is 16.9 Å². The molecule has 3 aromatic rings. The topological polar surface area (TPSA) is 26.3 Å². The van der Waals surface area contributed by atoms with Crippen molar-refractivity contribution in [2.75, 3.05) is 0 Å². The second kappa shape index (κ2) is 6.22. The third kappa shape index (κ3) is 3.20. The third-order valence-corrected chi connectivity index (χ3v) is 3.25. The fraction of sp³-hybridized carbons (Fsp3) is 0. The highest BCUT2D eigenvalue weighted by atomic mass is 19.1. The lowest BCUT2D eigenvalue weighted by atomic mass is 10.1. The predicted octanol–water partition coefficient (Wildman–Crippen LogP) is 4.71. The van der Waals surface area contributed by atoms with Gasteiger partial charge in [-0.05, 0) is 47.5 Å². The third-order valence-electron chi connectivity index (χ3n) is 3.25. The number of rotatable bonds is 3. The summed E-state index contributed by atoms with van der Waals surface area (Å²) in [6, 6.07) is 22.5. The molecule has 0 aromatic heterocycles. The highest BCUT2D eigenvalue weighted by Gasteiger charge is 2.08. The Morgan fingerprint density at radius 2 is 1.32 bits per heavy atom. The molecule has 0 fully saturated rings. The van der Waals surface area contributed by atoms with Gasteiger partial charge < -0.3 is 4.74 Å². The van der Waals surface area contributed by atoms with E-state index in [1.54, 1.807) is 12.1 Å². The lowest BCUT2D eigenvalue weighted by Gasteiger charge is -2.06. The van der Waals surface area contributed by atoms with Gasteiger partial charge in [0.1, 0.15) is 11.6 Å². The van der Waals surface area contributed by atoms with Gasteiger partial charge in [0.25, 0.3) is 0 Å². The first kappa shape index (κ1) is 14.0.